The number of anilines is 1. The normalized spacial score (nSPS) is 21.6. The predicted octanol–water partition coefficient (Wildman–Crippen LogP) is 5.51. The second-order valence-electron chi connectivity index (χ2n) is 10.4. The van der Waals surface area contributed by atoms with E-state index in [0.29, 0.717) is 17.7 Å². The summed E-state index contributed by atoms with van der Waals surface area (Å²) in [5, 5.41) is 0. The van der Waals surface area contributed by atoms with Crippen LogP contribution in [0, 0.1) is 11.6 Å². The summed E-state index contributed by atoms with van der Waals surface area (Å²) < 4.78 is 27.8. The zero-order valence-electron chi connectivity index (χ0n) is 21.6. The third kappa shape index (κ3) is 3.48. The SMILES string of the molecule is O=C(c1ccc(F)c(F)c1)N1CCN2C(=O)c3ccccc3[C@@]12c1ccc(N2CCC[C@H]2c2cccnc2)cc1. The Morgan fingerprint density at radius 3 is 2.50 bits per heavy atom. The van der Waals surface area contributed by atoms with Crippen molar-refractivity contribution in [2.75, 3.05) is 24.5 Å². The number of halogens is 2. The highest BCUT2D eigenvalue weighted by Crippen LogP contribution is 2.50. The van der Waals surface area contributed by atoms with Gasteiger partial charge in [0.05, 0.1) is 6.04 Å². The molecule has 0 saturated carbocycles. The largest absolute Gasteiger partial charge is 0.364 e. The Labute approximate surface area is 230 Å². The fraction of sp³-hybridized carbons (Fsp3) is 0.219. The molecule has 2 saturated heterocycles. The van der Waals surface area contributed by atoms with Crippen LogP contribution in [0.4, 0.5) is 14.5 Å². The van der Waals surface area contributed by atoms with Gasteiger partial charge in [0.2, 0.25) is 0 Å². The molecule has 2 amide bonds. The first-order chi connectivity index (χ1) is 19.5. The molecule has 4 heterocycles. The Morgan fingerprint density at radius 1 is 0.900 bits per heavy atom. The van der Waals surface area contributed by atoms with Crippen molar-refractivity contribution in [1.82, 2.24) is 14.8 Å². The van der Waals surface area contributed by atoms with Crippen LogP contribution in [0.15, 0.2) is 91.3 Å². The molecule has 0 bridgehead atoms. The molecular formula is C32H26F2N4O2. The van der Waals surface area contributed by atoms with Gasteiger partial charge in [-0.15, -0.1) is 0 Å². The van der Waals surface area contributed by atoms with Gasteiger partial charge in [-0.05, 0) is 60.9 Å². The maximum absolute atomic E-state index is 14.1. The fourth-order valence-electron chi connectivity index (χ4n) is 6.71. The van der Waals surface area contributed by atoms with Gasteiger partial charge in [0.25, 0.3) is 11.8 Å². The molecule has 4 aromatic rings. The quantitative estimate of drug-likeness (QED) is 0.345. The van der Waals surface area contributed by atoms with Crippen molar-refractivity contribution in [2.24, 2.45) is 0 Å². The summed E-state index contributed by atoms with van der Waals surface area (Å²) in [6, 6.07) is 22.8. The molecule has 6 nitrogen and oxygen atoms in total. The maximum atomic E-state index is 14.1. The second-order valence-corrected chi connectivity index (χ2v) is 10.4. The number of amides is 2. The van der Waals surface area contributed by atoms with Crippen LogP contribution < -0.4 is 4.90 Å². The van der Waals surface area contributed by atoms with E-state index in [1.807, 2.05) is 54.7 Å². The number of benzene rings is 3. The van der Waals surface area contributed by atoms with Gasteiger partial charge < -0.3 is 14.7 Å². The van der Waals surface area contributed by atoms with Crippen LogP contribution in [-0.2, 0) is 5.66 Å². The van der Waals surface area contributed by atoms with E-state index in [9.17, 15) is 18.4 Å². The van der Waals surface area contributed by atoms with E-state index in [0.717, 1.165) is 42.8 Å². The number of rotatable bonds is 4. The third-order valence-electron chi connectivity index (χ3n) is 8.44. The number of pyridine rings is 1. The maximum Gasteiger partial charge on any atom is 0.256 e. The van der Waals surface area contributed by atoms with Crippen LogP contribution in [-0.4, -0.2) is 46.2 Å². The highest BCUT2D eigenvalue weighted by molar-refractivity contribution is 6.03. The van der Waals surface area contributed by atoms with E-state index in [1.165, 1.54) is 11.6 Å². The molecule has 2 fully saturated rings. The van der Waals surface area contributed by atoms with Crippen LogP contribution in [0.3, 0.4) is 0 Å². The zero-order chi connectivity index (χ0) is 27.4. The molecule has 7 rings (SSSR count). The molecule has 0 aliphatic carbocycles. The summed E-state index contributed by atoms with van der Waals surface area (Å²) in [6.07, 6.45) is 5.79. The molecule has 8 heteroatoms. The van der Waals surface area contributed by atoms with Crippen molar-refractivity contribution < 1.29 is 18.4 Å². The van der Waals surface area contributed by atoms with Gasteiger partial charge in [-0.25, -0.2) is 8.78 Å². The molecule has 0 unspecified atom stereocenters. The third-order valence-corrected chi connectivity index (χ3v) is 8.44. The first-order valence-electron chi connectivity index (χ1n) is 13.5. The molecule has 0 N–H and O–H groups in total. The molecule has 200 valence electrons. The Bertz CT molecular complexity index is 1630. The summed E-state index contributed by atoms with van der Waals surface area (Å²) in [7, 11) is 0. The van der Waals surface area contributed by atoms with E-state index in [2.05, 4.69) is 16.0 Å². The number of hydrogen-bond donors (Lipinski definition) is 0. The van der Waals surface area contributed by atoms with Crippen LogP contribution in [0.1, 0.15) is 56.3 Å². The summed E-state index contributed by atoms with van der Waals surface area (Å²) in [5.74, 6) is -2.72. The monoisotopic (exact) mass is 536 g/mol. The summed E-state index contributed by atoms with van der Waals surface area (Å²) >= 11 is 0. The van der Waals surface area contributed by atoms with Crippen molar-refractivity contribution in [3.05, 3.63) is 131 Å². The second kappa shape index (κ2) is 9.26. The minimum absolute atomic E-state index is 0.0324. The standard InChI is InChI=1S/C32H26F2N4O2/c33-27-14-9-21(19-28(27)34)30(39)37-17-18-38-31(40)25-6-1-2-7-26(25)32(37,38)23-10-12-24(13-11-23)36-16-4-8-29(36)22-5-3-15-35-20-22/h1-3,5-7,9-15,19-20,29H,4,8,16-18H2/t29-,32-/m0/s1. The minimum Gasteiger partial charge on any atom is -0.364 e. The van der Waals surface area contributed by atoms with E-state index in [4.69, 9.17) is 0 Å². The van der Waals surface area contributed by atoms with E-state index < -0.39 is 23.2 Å². The van der Waals surface area contributed by atoms with Gasteiger partial charge in [-0.2, -0.15) is 0 Å². The van der Waals surface area contributed by atoms with Gasteiger partial charge >= 0.3 is 0 Å². The van der Waals surface area contributed by atoms with Crippen molar-refractivity contribution in [2.45, 2.75) is 24.5 Å². The minimum atomic E-state index is -1.19. The van der Waals surface area contributed by atoms with Crippen LogP contribution in [0.2, 0.25) is 0 Å². The van der Waals surface area contributed by atoms with E-state index >= 15 is 0 Å². The number of carbonyl (C=O) groups excluding carboxylic acids is 2. The summed E-state index contributed by atoms with van der Waals surface area (Å²) in [4.78, 5) is 37.5. The van der Waals surface area contributed by atoms with Gasteiger partial charge in [0.15, 0.2) is 17.3 Å². The highest BCUT2D eigenvalue weighted by atomic mass is 19.2. The molecule has 3 aliphatic rings. The average Bonchev–Trinajstić information content (AvgIpc) is 3.70. The number of carbonyl (C=O) groups is 2. The molecule has 3 aromatic carbocycles. The Balaban J connectivity index is 1.32. The van der Waals surface area contributed by atoms with Gasteiger partial charge in [0.1, 0.15) is 0 Å². The van der Waals surface area contributed by atoms with Crippen molar-refractivity contribution in [3.63, 3.8) is 0 Å². The van der Waals surface area contributed by atoms with Gasteiger partial charge in [-0.3, -0.25) is 14.6 Å². The van der Waals surface area contributed by atoms with E-state index in [-0.39, 0.29) is 24.1 Å². The lowest BCUT2D eigenvalue weighted by atomic mass is 9.89. The summed E-state index contributed by atoms with van der Waals surface area (Å²) in [6.45, 7) is 1.49. The lowest BCUT2D eigenvalue weighted by Crippen LogP contribution is -2.51. The Kier molecular flexibility index (Phi) is 5.66. The Morgan fingerprint density at radius 2 is 1.73 bits per heavy atom. The highest BCUT2D eigenvalue weighted by Gasteiger charge is 2.59. The first-order valence-corrected chi connectivity index (χ1v) is 13.5. The molecular weight excluding hydrogens is 510 g/mol. The number of aromatic nitrogens is 1. The molecule has 40 heavy (non-hydrogen) atoms. The average molecular weight is 537 g/mol. The molecule has 2 atom stereocenters. The molecule has 0 spiro atoms. The number of fused-ring (bicyclic) bond motifs is 3. The fourth-order valence-corrected chi connectivity index (χ4v) is 6.71. The van der Waals surface area contributed by atoms with Crippen LogP contribution >= 0.6 is 0 Å². The number of hydrogen-bond acceptors (Lipinski definition) is 4. The zero-order valence-corrected chi connectivity index (χ0v) is 21.6. The lowest BCUT2D eigenvalue weighted by molar-refractivity contribution is 0.0375. The van der Waals surface area contributed by atoms with E-state index in [1.54, 1.807) is 22.1 Å². The van der Waals surface area contributed by atoms with Crippen molar-refractivity contribution in [3.8, 4) is 0 Å². The Hall–Kier alpha value is -4.59. The van der Waals surface area contributed by atoms with Crippen LogP contribution in [0.5, 0.6) is 0 Å². The lowest BCUT2D eigenvalue weighted by Gasteiger charge is -2.40. The van der Waals surface area contributed by atoms with Crippen LogP contribution in [0.25, 0.3) is 0 Å². The predicted molar refractivity (Wildman–Crippen MR) is 146 cm³/mol. The van der Waals surface area contributed by atoms with Crippen molar-refractivity contribution in [1.29, 1.82) is 0 Å². The number of nitrogens with zero attached hydrogens (tertiary/aromatic N) is 4. The first kappa shape index (κ1) is 24.5. The molecule has 0 radical (unpaired) electrons. The van der Waals surface area contributed by atoms with Gasteiger partial charge in [-0.1, -0.05) is 36.4 Å². The smallest absolute Gasteiger partial charge is 0.256 e. The topological polar surface area (TPSA) is 56.8 Å². The van der Waals surface area contributed by atoms with Crippen molar-refractivity contribution >= 4 is 17.5 Å². The molecule has 3 aliphatic heterocycles. The van der Waals surface area contributed by atoms with Gasteiger partial charge in [0, 0.05) is 60.0 Å². The summed E-state index contributed by atoms with van der Waals surface area (Å²) in [5.41, 5.74) is 3.06. The molecule has 1 aromatic heterocycles.